The van der Waals surface area contributed by atoms with Gasteiger partial charge < -0.3 is 5.73 Å². The van der Waals surface area contributed by atoms with Crippen LogP contribution in [0.5, 0.6) is 0 Å². The Hall–Kier alpha value is -1.78. The minimum Gasteiger partial charge on any atom is -0.397 e. The van der Waals surface area contributed by atoms with Crippen molar-refractivity contribution in [2.24, 2.45) is 0 Å². The Bertz CT molecular complexity index is 851. The highest BCUT2D eigenvalue weighted by Crippen LogP contribution is 2.27. The Morgan fingerprint density at radius 2 is 2.00 bits per heavy atom. The third kappa shape index (κ3) is 3.82. The van der Waals surface area contributed by atoms with Crippen LogP contribution in [0.3, 0.4) is 0 Å². The summed E-state index contributed by atoms with van der Waals surface area (Å²) in [5.74, 6) is 1.71. The van der Waals surface area contributed by atoms with E-state index < -0.39 is 0 Å². The van der Waals surface area contributed by atoms with E-state index in [0.29, 0.717) is 12.3 Å². The van der Waals surface area contributed by atoms with Crippen LogP contribution in [0.15, 0.2) is 47.5 Å². The summed E-state index contributed by atoms with van der Waals surface area (Å²) >= 11 is 7.59. The number of fused-ring (bicyclic) bond motifs is 1. The Labute approximate surface area is 151 Å². The molecule has 3 nitrogen and oxygen atoms in total. The molecule has 0 atom stereocenters. The number of hydrogen-bond donors (Lipinski definition) is 1. The number of nitrogen functional groups attached to an aromatic ring is 1. The summed E-state index contributed by atoms with van der Waals surface area (Å²) in [5.41, 5.74) is 11.0. The number of thioether (sulfide) groups is 1. The van der Waals surface area contributed by atoms with Gasteiger partial charge in [0.2, 0.25) is 0 Å². The van der Waals surface area contributed by atoms with Gasteiger partial charge in [-0.15, -0.1) is 23.4 Å². The van der Waals surface area contributed by atoms with Crippen molar-refractivity contribution in [3.63, 3.8) is 0 Å². The van der Waals surface area contributed by atoms with Crippen molar-refractivity contribution in [3.05, 3.63) is 59.5 Å². The molecule has 0 amide bonds. The van der Waals surface area contributed by atoms with Crippen LogP contribution in [0.1, 0.15) is 23.4 Å². The number of halogens is 1. The maximum atomic E-state index is 6.21. The molecule has 0 radical (unpaired) electrons. The number of nitrogens with zero attached hydrogens (tertiary/aromatic N) is 2. The summed E-state index contributed by atoms with van der Waals surface area (Å²) in [6.45, 7) is 2.11. The van der Waals surface area contributed by atoms with Crippen LogP contribution in [0, 0.1) is 6.92 Å². The molecule has 1 aromatic carbocycles. The molecule has 0 saturated carbocycles. The maximum Gasteiger partial charge on any atom is 0.0707 e. The topological polar surface area (TPSA) is 51.8 Å². The molecule has 0 bridgehead atoms. The molecule has 0 spiro atoms. The van der Waals surface area contributed by atoms with Crippen LogP contribution < -0.4 is 5.73 Å². The average Bonchev–Trinajstić information content (AvgIpc) is 2.59. The van der Waals surface area contributed by atoms with Gasteiger partial charge in [-0.3, -0.25) is 9.97 Å². The zero-order valence-corrected chi connectivity index (χ0v) is 15.2. The summed E-state index contributed by atoms with van der Waals surface area (Å²) in [4.78, 5) is 10.5. The van der Waals surface area contributed by atoms with E-state index >= 15 is 0 Å². The lowest BCUT2D eigenvalue weighted by molar-refractivity contribution is 0.982. The van der Waals surface area contributed by atoms with Gasteiger partial charge >= 0.3 is 0 Å². The van der Waals surface area contributed by atoms with Crippen molar-refractivity contribution in [1.82, 2.24) is 9.97 Å². The van der Waals surface area contributed by atoms with E-state index in [0.717, 1.165) is 40.2 Å². The monoisotopic (exact) mass is 357 g/mol. The number of hydrogen-bond acceptors (Lipinski definition) is 4. The van der Waals surface area contributed by atoms with E-state index in [1.54, 1.807) is 0 Å². The predicted octanol–water partition coefficient (Wildman–Crippen LogP) is 4.83. The van der Waals surface area contributed by atoms with Gasteiger partial charge in [0, 0.05) is 28.8 Å². The molecular formula is C19H20ClN3S. The number of aromatic nitrogens is 2. The van der Waals surface area contributed by atoms with Crippen molar-refractivity contribution in [3.8, 4) is 0 Å². The van der Waals surface area contributed by atoms with Gasteiger partial charge in [-0.05, 0) is 42.9 Å². The first kappa shape index (κ1) is 17.1. The molecule has 5 heteroatoms. The molecule has 2 aromatic heterocycles. The molecule has 0 aliphatic rings. The zero-order chi connectivity index (χ0) is 16.9. The summed E-state index contributed by atoms with van der Waals surface area (Å²) < 4.78 is 0. The highest BCUT2D eigenvalue weighted by Gasteiger charge is 2.11. The molecule has 0 aliphatic carbocycles. The van der Waals surface area contributed by atoms with Crippen molar-refractivity contribution < 1.29 is 0 Å². The molecule has 24 heavy (non-hydrogen) atoms. The molecule has 0 aliphatic heterocycles. The molecular weight excluding hydrogens is 338 g/mol. The highest BCUT2D eigenvalue weighted by molar-refractivity contribution is 7.99. The zero-order valence-electron chi connectivity index (χ0n) is 13.6. The van der Waals surface area contributed by atoms with Gasteiger partial charge in [0.15, 0.2) is 0 Å². The molecule has 3 aromatic rings. The smallest absolute Gasteiger partial charge is 0.0707 e. The van der Waals surface area contributed by atoms with Crippen molar-refractivity contribution in [2.75, 3.05) is 17.4 Å². The van der Waals surface area contributed by atoms with Gasteiger partial charge in [0.1, 0.15) is 0 Å². The Morgan fingerprint density at radius 3 is 2.83 bits per heavy atom. The summed E-state index contributed by atoms with van der Waals surface area (Å²) in [7, 11) is 0. The van der Waals surface area contributed by atoms with Crippen LogP contribution in [0.25, 0.3) is 10.9 Å². The fourth-order valence-electron chi connectivity index (χ4n) is 2.60. The van der Waals surface area contributed by atoms with Crippen LogP contribution >= 0.6 is 23.4 Å². The lowest BCUT2D eigenvalue weighted by Gasteiger charge is -2.11. The molecule has 124 valence electrons. The predicted molar refractivity (Wildman–Crippen MR) is 104 cm³/mol. The van der Waals surface area contributed by atoms with E-state index in [1.807, 2.05) is 48.3 Å². The second-order valence-corrected chi connectivity index (χ2v) is 7.18. The Kier molecular flexibility index (Phi) is 5.59. The Morgan fingerprint density at radius 1 is 1.17 bits per heavy atom. The molecule has 0 unspecified atom stereocenters. The van der Waals surface area contributed by atoms with Crippen LogP contribution in [-0.4, -0.2) is 21.6 Å². The minimum atomic E-state index is 0.645. The van der Waals surface area contributed by atoms with E-state index in [2.05, 4.69) is 18.0 Å². The van der Waals surface area contributed by atoms with Gasteiger partial charge in [-0.25, -0.2) is 0 Å². The first-order chi connectivity index (χ1) is 11.7. The summed E-state index contributed by atoms with van der Waals surface area (Å²) in [5, 5.41) is 1.06. The molecule has 2 N–H and O–H groups in total. The second kappa shape index (κ2) is 7.86. The van der Waals surface area contributed by atoms with Gasteiger partial charge in [0.25, 0.3) is 0 Å². The molecule has 0 fully saturated rings. The molecule has 3 rings (SSSR count). The SMILES string of the molecule is Cc1c(SCCCCl)ccnc1Cc1nc2ccccc2cc1N. The van der Waals surface area contributed by atoms with Crippen molar-refractivity contribution in [2.45, 2.75) is 24.7 Å². The average molecular weight is 358 g/mol. The van der Waals surface area contributed by atoms with Crippen molar-refractivity contribution >= 4 is 40.0 Å². The number of nitrogens with two attached hydrogens (primary N) is 1. The number of rotatable bonds is 6. The fraction of sp³-hybridized carbons (Fsp3) is 0.263. The maximum absolute atomic E-state index is 6.21. The Balaban J connectivity index is 1.88. The van der Waals surface area contributed by atoms with E-state index in [9.17, 15) is 0 Å². The number of para-hydroxylation sites is 1. The van der Waals surface area contributed by atoms with Crippen LogP contribution in [0.2, 0.25) is 0 Å². The minimum absolute atomic E-state index is 0.645. The van der Waals surface area contributed by atoms with E-state index in [4.69, 9.17) is 22.3 Å². The van der Waals surface area contributed by atoms with Gasteiger partial charge in [-0.2, -0.15) is 0 Å². The number of anilines is 1. The van der Waals surface area contributed by atoms with Crippen molar-refractivity contribution in [1.29, 1.82) is 0 Å². The summed E-state index contributed by atoms with van der Waals surface area (Å²) in [6, 6.07) is 12.1. The standard InChI is InChI=1S/C19H20ClN3S/c1-13-17(22-9-7-19(13)24-10-4-8-20)12-18-15(21)11-14-5-2-3-6-16(14)23-18/h2-3,5-7,9,11H,4,8,10,12,21H2,1H3. The van der Waals surface area contributed by atoms with Crippen LogP contribution in [0.4, 0.5) is 5.69 Å². The first-order valence-corrected chi connectivity index (χ1v) is 9.48. The molecule has 2 heterocycles. The third-order valence-electron chi connectivity index (χ3n) is 3.97. The van der Waals surface area contributed by atoms with Gasteiger partial charge in [-0.1, -0.05) is 18.2 Å². The normalized spacial score (nSPS) is 11.1. The number of alkyl halides is 1. The lowest BCUT2D eigenvalue weighted by Crippen LogP contribution is -2.03. The molecule has 0 saturated heterocycles. The highest BCUT2D eigenvalue weighted by atomic mass is 35.5. The van der Waals surface area contributed by atoms with Gasteiger partial charge in [0.05, 0.1) is 22.6 Å². The largest absolute Gasteiger partial charge is 0.397 e. The summed E-state index contributed by atoms with van der Waals surface area (Å²) in [6.07, 6.45) is 3.51. The first-order valence-electron chi connectivity index (χ1n) is 7.96. The van der Waals surface area contributed by atoms with Crippen LogP contribution in [-0.2, 0) is 6.42 Å². The van der Waals surface area contributed by atoms with E-state index in [1.165, 1.54) is 10.5 Å². The number of pyridine rings is 2. The number of benzene rings is 1. The van der Waals surface area contributed by atoms with E-state index in [-0.39, 0.29) is 0 Å². The second-order valence-electron chi connectivity index (χ2n) is 5.67. The fourth-order valence-corrected chi connectivity index (χ4v) is 3.89. The lowest BCUT2D eigenvalue weighted by atomic mass is 10.1. The quantitative estimate of drug-likeness (QED) is 0.390. The third-order valence-corrected chi connectivity index (χ3v) is 5.48.